The minimum Gasteiger partial charge on any atom is -0.508 e. The molecule has 3 aliphatic rings. The molecule has 1 aromatic carbocycles. The van der Waals surface area contributed by atoms with Crippen LogP contribution in [0.4, 0.5) is 0 Å². The van der Waals surface area contributed by atoms with Crippen LogP contribution in [-0.4, -0.2) is 35.9 Å². The fourth-order valence-electron chi connectivity index (χ4n) is 6.26. The predicted molar refractivity (Wildman–Crippen MR) is 140 cm³/mol. The molecule has 5 nitrogen and oxygen atoms in total. The summed E-state index contributed by atoms with van der Waals surface area (Å²) in [7, 11) is 0. The van der Waals surface area contributed by atoms with Gasteiger partial charge in [-0.15, -0.1) is 0 Å². The molecular formula is C30H45NO4. The number of unbranched alkanes of at least 4 members (excludes halogenated alkanes) is 3. The molecule has 3 atom stereocenters. The van der Waals surface area contributed by atoms with E-state index >= 15 is 0 Å². The number of hydrogen-bond acceptors (Lipinski definition) is 5. The minimum absolute atomic E-state index is 0.0231. The summed E-state index contributed by atoms with van der Waals surface area (Å²) in [6.07, 6.45) is 11.8. The third kappa shape index (κ3) is 5.71. The van der Waals surface area contributed by atoms with Crippen LogP contribution in [0.15, 0.2) is 23.8 Å². The van der Waals surface area contributed by atoms with Crippen LogP contribution >= 0.6 is 0 Å². The first kappa shape index (κ1) is 26.1. The summed E-state index contributed by atoms with van der Waals surface area (Å²) in [4.78, 5) is 12.4. The van der Waals surface area contributed by atoms with Crippen LogP contribution in [0, 0.1) is 5.92 Å². The second kappa shape index (κ2) is 10.5. The number of rotatable bonds is 9. The summed E-state index contributed by atoms with van der Waals surface area (Å²) < 4.78 is 12.2. The van der Waals surface area contributed by atoms with E-state index in [0.717, 1.165) is 61.1 Å². The van der Waals surface area contributed by atoms with Crippen molar-refractivity contribution in [1.82, 2.24) is 5.32 Å². The van der Waals surface area contributed by atoms with E-state index in [1.165, 1.54) is 25.7 Å². The molecule has 0 saturated carbocycles. The smallest absolute Gasteiger partial charge is 0.323 e. The lowest BCUT2D eigenvalue weighted by Crippen LogP contribution is -2.45. The van der Waals surface area contributed by atoms with Gasteiger partial charge in [0.05, 0.1) is 0 Å². The van der Waals surface area contributed by atoms with Crippen molar-refractivity contribution >= 4 is 5.97 Å². The lowest BCUT2D eigenvalue weighted by molar-refractivity contribution is -0.144. The Balaban J connectivity index is 1.52. The van der Waals surface area contributed by atoms with E-state index in [1.54, 1.807) is 0 Å². The zero-order valence-corrected chi connectivity index (χ0v) is 22.4. The number of fused-ring (bicyclic) bond motifs is 3. The highest BCUT2D eigenvalue weighted by atomic mass is 16.5. The number of hydrogen-bond donors (Lipinski definition) is 2. The highest BCUT2D eigenvalue weighted by molar-refractivity contribution is 5.76. The maximum atomic E-state index is 12.4. The van der Waals surface area contributed by atoms with Gasteiger partial charge in [-0.1, -0.05) is 52.5 Å². The van der Waals surface area contributed by atoms with Gasteiger partial charge >= 0.3 is 5.97 Å². The zero-order valence-electron chi connectivity index (χ0n) is 22.4. The Hall–Kier alpha value is -2.01. The van der Waals surface area contributed by atoms with Gasteiger partial charge in [0.2, 0.25) is 0 Å². The van der Waals surface area contributed by atoms with Crippen molar-refractivity contribution in [3.63, 3.8) is 0 Å². The van der Waals surface area contributed by atoms with Crippen molar-refractivity contribution in [3.05, 3.63) is 34.9 Å². The van der Waals surface area contributed by atoms with Gasteiger partial charge in [-0.05, 0) is 81.2 Å². The average molecular weight is 484 g/mol. The van der Waals surface area contributed by atoms with Gasteiger partial charge in [0.1, 0.15) is 29.7 Å². The van der Waals surface area contributed by atoms with E-state index in [-0.39, 0.29) is 34.9 Å². The summed E-state index contributed by atoms with van der Waals surface area (Å²) in [5, 5.41) is 14.5. The number of phenols is 1. The summed E-state index contributed by atoms with van der Waals surface area (Å²) >= 11 is 0. The van der Waals surface area contributed by atoms with Gasteiger partial charge in [-0.2, -0.15) is 0 Å². The molecule has 0 aromatic heterocycles. The Morgan fingerprint density at radius 1 is 1.26 bits per heavy atom. The van der Waals surface area contributed by atoms with Gasteiger partial charge < -0.3 is 19.9 Å². The van der Waals surface area contributed by atoms with Crippen molar-refractivity contribution in [3.8, 4) is 11.5 Å². The number of benzene rings is 1. The molecule has 35 heavy (non-hydrogen) atoms. The molecule has 4 rings (SSSR count). The first-order valence-electron chi connectivity index (χ1n) is 13.8. The molecule has 2 N–H and O–H groups in total. The summed E-state index contributed by atoms with van der Waals surface area (Å²) in [5.41, 5.74) is 2.85. The van der Waals surface area contributed by atoms with Gasteiger partial charge in [0.25, 0.3) is 0 Å². The zero-order chi connectivity index (χ0) is 25.2. The van der Waals surface area contributed by atoms with E-state index in [0.29, 0.717) is 12.4 Å². The number of esters is 1. The Bertz CT molecular complexity index is 942. The SMILES string of the molecule is CCCCCCC(C)(C)c1cc(O)c2c(c1)OC(C)(C)C1CC=C(COC(=O)[C@@H]3CCCN3)C[C@H]21. The van der Waals surface area contributed by atoms with E-state index in [9.17, 15) is 9.90 Å². The van der Waals surface area contributed by atoms with Crippen LogP contribution < -0.4 is 10.1 Å². The Kier molecular flexibility index (Phi) is 7.85. The number of nitrogens with one attached hydrogen (secondary N) is 1. The van der Waals surface area contributed by atoms with Gasteiger partial charge in [-0.25, -0.2) is 0 Å². The number of allylic oxidation sites excluding steroid dienone is 1. The molecule has 0 amide bonds. The fourth-order valence-corrected chi connectivity index (χ4v) is 6.26. The molecule has 1 saturated heterocycles. The van der Waals surface area contributed by atoms with Crippen LogP contribution in [0.5, 0.6) is 11.5 Å². The van der Waals surface area contributed by atoms with Crippen LogP contribution in [-0.2, 0) is 14.9 Å². The van der Waals surface area contributed by atoms with Crippen molar-refractivity contribution < 1.29 is 19.4 Å². The quantitative estimate of drug-likeness (QED) is 0.238. The number of ether oxygens (including phenoxy) is 2. The molecule has 1 unspecified atom stereocenters. The topological polar surface area (TPSA) is 67.8 Å². The van der Waals surface area contributed by atoms with Crippen molar-refractivity contribution in [1.29, 1.82) is 0 Å². The molecular weight excluding hydrogens is 438 g/mol. The van der Waals surface area contributed by atoms with Gasteiger partial charge in [0, 0.05) is 17.4 Å². The maximum absolute atomic E-state index is 12.4. The van der Waals surface area contributed by atoms with E-state index in [1.807, 2.05) is 6.07 Å². The largest absolute Gasteiger partial charge is 0.508 e. The first-order valence-corrected chi connectivity index (χ1v) is 13.8. The average Bonchev–Trinajstić information content (AvgIpc) is 3.34. The standard InChI is InChI=1S/C30H45NO4/c1-6-7-8-9-14-29(2,3)21-17-25(32)27-22-16-20(19-34-28(33)24-11-10-15-31-24)12-13-23(22)30(4,5)35-26(27)18-21/h12,17-18,22-24,31-32H,6-11,13-16,19H2,1-5H3/t22-,23?,24-/m0/s1. The second-order valence-electron chi connectivity index (χ2n) is 12.1. The van der Waals surface area contributed by atoms with Gasteiger partial charge in [-0.3, -0.25) is 4.79 Å². The molecule has 1 aromatic rings. The minimum atomic E-state index is -0.333. The second-order valence-corrected chi connectivity index (χ2v) is 12.1. The Morgan fingerprint density at radius 3 is 2.77 bits per heavy atom. The Morgan fingerprint density at radius 2 is 2.06 bits per heavy atom. The van der Waals surface area contributed by atoms with Crippen molar-refractivity contribution in [2.45, 2.75) is 115 Å². The van der Waals surface area contributed by atoms with Crippen LogP contribution in [0.25, 0.3) is 0 Å². The summed E-state index contributed by atoms with van der Waals surface area (Å²) in [6.45, 7) is 12.3. The predicted octanol–water partition coefficient (Wildman–Crippen LogP) is 6.53. The van der Waals surface area contributed by atoms with Crippen LogP contribution in [0.3, 0.4) is 0 Å². The molecule has 0 radical (unpaired) electrons. The molecule has 1 fully saturated rings. The highest BCUT2D eigenvalue weighted by Crippen LogP contribution is 2.55. The summed E-state index contributed by atoms with van der Waals surface area (Å²) in [5.74, 6) is 1.44. The van der Waals surface area contributed by atoms with Crippen LogP contribution in [0.1, 0.15) is 109 Å². The molecule has 194 valence electrons. The highest BCUT2D eigenvalue weighted by Gasteiger charge is 2.46. The van der Waals surface area contributed by atoms with E-state index < -0.39 is 0 Å². The van der Waals surface area contributed by atoms with Crippen molar-refractivity contribution in [2.75, 3.05) is 13.2 Å². The number of carbonyl (C=O) groups is 1. The molecule has 2 heterocycles. The Labute approximate surface area is 211 Å². The lowest BCUT2D eigenvalue weighted by Gasteiger charge is -2.47. The van der Waals surface area contributed by atoms with E-state index in [4.69, 9.17) is 9.47 Å². The third-order valence-electron chi connectivity index (χ3n) is 8.57. The summed E-state index contributed by atoms with van der Waals surface area (Å²) in [6, 6.07) is 3.99. The van der Waals surface area contributed by atoms with Gasteiger partial charge in [0.15, 0.2) is 0 Å². The lowest BCUT2D eigenvalue weighted by atomic mass is 9.66. The number of aromatic hydroxyl groups is 1. The van der Waals surface area contributed by atoms with Crippen molar-refractivity contribution in [2.24, 2.45) is 5.92 Å². The number of carbonyl (C=O) groups excluding carboxylic acids is 1. The molecule has 1 aliphatic carbocycles. The monoisotopic (exact) mass is 483 g/mol. The normalized spacial score (nSPS) is 25.3. The molecule has 0 spiro atoms. The fraction of sp³-hybridized carbons (Fsp3) is 0.700. The third-order valence-corrected chi connectivity index (χ3v) is 8.57. The molecule has 2 aliphatic heterocycles. The molecule has 0 bridgehead atoms. The van der Waals surface area contributed by atoms with E-state index in [2.05, 4.69) is 52.1 Å². The first-order chi connectivity index (χ1) is 16.6. The van der Waals surface area contributed by atoms with Crippen LogP contribution in [0.2, 0.25) is 0 Å². The molecule has 5 heteroatoms. The maximum Gasteiger partial charge on any atom is 0.323 e. The number of phenolic OH excluding ortho intramolecular Hbond substituents is 1.